The minimum atomic E-state index is -4.56. The molecule has 0 aliphatic heterocycles. The third-order valence-electron chi connectivity index (χ3n) is 4.89. The first-order valence-electron chi connectivity index (χ1n) is 8.95. The Morgan fingerprint density at radius 2 is 1.38 bits per heavy atom. The van der Waals surface area contributed by atoms with Crippen LogP contribution in [0.25, 0.3) is 0 Å². The number of hydrogen-bond donors (Lipinski definition) is 0. The molecule has 134 valence electrons. The normalized spacial score (nSPS) is 20.7. The van der Waals surface area contributed by atoms with Crippen LogP contribution >= 0.6 is 0 Å². The number of ether oxygens (including phenoxy) is 2. The van der Waals surface area contributed by atoms with Gasteiger partial charge in [-0.15, -0.1) is 0 Å². The van der Waals surface area contributed by atoms with E-state index in [4.69, 9.17) is 9.47 Å². The minimum Gasteiger partial charge on any atom is -0.744 e. The maximum Gasteiger partial charge on any atom is 0.140 e. The Balaban J connectivity index is 1.79. The van der Waals surface area contributed by atoms with E-state index in [-0.39, 0.29) is 22.9 Å². The van der Waals surface area contributed by atoms with Crippen molar-refractivity contribution in [3.63, 3.8) is 0 Å². The summed E-state index contributed by atoms with van der Waals surface area (Å²) in [6.07, 6.45) is 10.8. The molecule has 1 aromatic carbocycles. The lowest BCUT2D eigenvalue weighted by Gasteiger charge is -2.26. The molecule has 0 bridgehead atoms. The molecule has 0 amide bonds. The van der Waals surface area contributed by atoms with Gasteiger partial charge in [0.2, 0.25) is 0 Å². The molecule has 0 heterocycles. The third-order valence-corrected chi connectivity index (χ3v) is 5.76. The smallest absolute Gasteiger partial charge is 0.140 e. The van der Waals surface area contributed by atoms with Crippen LogP contribution in [-0.4, -0.2) is 25.2 Å². The largest absolute Gasteiger partial charge is 0.744 e. The molecule has 3 rings (SSSR count). The number of benzene rings is 1. The van der Waals surface area contributed by atoms with Crippen LogP contribution in [-0.2, 0) is 10.1 Å². The predicted octanol–water partition coefficient (Wildman–Crippen LogP) is 4.01. The molecule has 5 nitrogen and oxygen atoms in total. The molecule has 2 aliphatic carbocycles. The standard InChI is InChI=1S/C18H26O5S/c19-24(20,21)18-12-11-16(22-14-7-3-1-4-8-14)13-17(18)23-15-9-5-2-6-10-15/h11-15H,1-10H2,(H,19,20,21)/p-1. The summed E-state index contributed by atoms with van der Waals surface area (Å²) in [7, 11) is -4.56. The van der Waals surface area contributed by atoms with Gasteiger partial charge in [0.15, 0.2) is 0 Å². The van der Waals surface area contributed by atoms with Crippen LogP contribution in [0.4, 0.5) is 0 Å². The zero-order valence-corrected chi connectivity index (χ0v) is 14.7. The zero-order valence-electron chi connectivity index (χ0n) is 13.9. The Morgan fingerprint density at radius 1 is 0.833 bits per heavy atom. The molecule has 0 spiro atoms. The van der Waals surface area contributed by atoms with Crippen molar-refractivity contribution in [2.45, 2.75) is 81.3 Å². The predicted molar refractivity (Wildman–Crippen MR) is 89.4 cm³/mol. The van der Waals surface area contributed by atoms with Crippen molar-refractivity contribution in [2.75, 3.05) is 0 Å². The molecular formula is C18H25O5S-. The molecule has 0 N–H and O–H groups in total. The van der Waals surface area contributed by atoms with Gasteiger partial charge in [-0.05, 0) is 63.5 Å². The summed E-state index contributed by atoms with van der Waals surface area (Å²) in [5.74, 6) is 0.727. The maximum absolute atomic E-state index is 11.5. The van der Waals surface area contributed by atoms with E-state index < -0.39 is 10.1 Å². The molecule has 0 radical (unpaired) electrons. The summed E-state index contributed by atoms with van der Waals surface area (Å²) in [6, 6.07) is 4.46. The second-order valence-corrected chi connectivity index (χ2v) is 8.17. The van der Waals surface area contributed by atoms with Crippen LogP contribution in [0.2, 0.25) is 0 Å². The van der Waals surface area contributed by atoms with Crippen LogP contribution in [0.15, 0.2) is 23.1 Å². The van der Waals surface area contributed by atoms with Gasteiger partial charge in [-0.2, -0.15) is 0 Å². The second-order valence-electron chi connectivity index (χ2n) is 6.82. The van der Waals surface area contributed by atoms with Crippen LogP contribution in [0, 0.1) is 0 Å². The lowest BCUT2D eigenvalue weighted by Crippen LogP contribution is -2.21. The summed E-state index contributed by atoms with van der Waals surface area (Å²) in [4.78, 5) is -0.288. The highest BCUT2D eigenvalue weighted by atomic mass is 32.2. The first-order chi connectivity index (χ1) is 11.5. The quantitative estimate of drug-likeness (QED) is 0.748. The molecule has 0 saturated heterocycles. The lowest BCUT2D eigenvalue weighted by molar-refractivity contribution is 0.143. The van der Waals surface area contributed by atoms with E-state index >= 15 is 0 Å². The summed E-state index contributed by atoms with van der Waals surface area (Å²) < 4.78 is 46.4. The fourth-order valence-electron chi connectivity index (χ4n) is 3.60. The third kappa shape index (κ3) is 4.63. The first-order valence-corrected chi connectivity index (χ1v) is 10.4. The molecular weight excluding hydrogens is 328 g/mol. The van der Waals surface area contributed by atoms with Crippen molar-refractivity contribution in [1.82, 2.24) is 0 Å². The Kier molecular flexibility index (Phi) is 5.66. The number of hydrogen-bond acceptors (Lipinski definition) is 5. The highest BCUT2D eigenvalue weighted by molar-refractivity contribution is 7.85. The zero-order chi connectivity index (χ0) is 17.0. The Bertz CT molecular complexity index is 643. The van der Waals surface area contributed by atoms with Crippen molar-refractivity contribution in [2.24, 2.45) is 0 Å². The van der Waals surface area contributed by atoms with Crippen molar-refractivity contribution < 1.29 is 22.4 Å². The fraction of sp³-hybridized carbons (Fsp3) is 0.667. The molecule has 0 unspecified atom stereocenters. The monoisotopic (exact) mass is 353 g/mol. The molecule has 24 heavy (non-hydrogen) atoms. The lowest BCUT2D eigenvalue weighted by atomic mass is 9.97. The summed E-state index contributed by atoms with van der Waals surface area (Å²) in [5, 5.41) is 0. The van der Waals surface area contributed by atoms with Gasteiger partial charge in [0.05, 0.1) is 17.1 Å². The van der Waals surface area contributed by atoms with Gasteiger partial charge in [-0.25, -0.2) is 8.42 Å². The highest BCUT2D eigenvalue weighted by Gasteiger charge is 2.21. The summed E-state index contributed by atoms with van der Waals surface area (Å²) in [5.41, 5.74) is 0. The van der Waals surface area contributed by atoms with Crippen molar-refractivity contribution in [3.8, 4) is 11.5 Å². The summed E-state index contributed by atoms with van der Waals surface area (Å²) >= 11 is 0. The molecule has 1 aromatic rings. The van der Waals surface area contributed by atoms with E-state index in [1.807, 2.05) is 0 Å². The second kappa shape index (κ2) is 7.74. The van der Waals surface area contributed by atoms with Crippen LogP contribution in [0.3, 0.4) is 0 Å². The van der Waals surface area contributed by atoms with Crippen LogP contribution in [0.1, 0.15) is 64.2 Å². The average Bonchev–Trinajstić information content (AvgIpc) is 2.56. The van der Waals surface area contributed by atoms with Crippen molar-refractivity contribution in [3.05, 3.63) is 18.2 Å². The summed E-state index contributed by atoms with van der Waals surface area (Å²) in [6.45, 7) is 0. The minimum absolute atomic E-state index is 0.0239. The SMILES string of the molecule is O=S(=O)([O-])c1ccc(OC2CCCCC2)cc1OC1CCCCC1. The van der Waals surface area contributed by atoms with Gasteiger partial charge in [0.1, 0.15) is 21.6 Å². The Labute approximate surface area is 144 Å². The van der Waals surface area contributed by atoms with Gasteiger partial charge in [0, 0.05) is 6.07 Å². The van der Waals surface area contributed by atoms with E-state index in [0.29, 0.717) is 5.75 Å². The van der Waals surface area contributed by atoms with Crippen LogP contribution < -0.4 is 9.47 Å². The maximum atomic E-state index is 11.5. The van der Waals surface area contributed by atoms with Crippen LogP contribution in [0.5, 0.6) is 11.5 Å². The average molecular weight is 353 g/mol. The van der Waals surface area contributed by atoms with Gasteiger partial charge in [-0.1, -0.05) is 12.8 Å². The van der Waals surface area contributed by atoms with Gasteiger partial charge in [0.25, 0.3) is 0 Å². The van der Waals surface area contributed by atoms with Gasteiger partial charge < -0.3 is 14.0 Å². The van der Waals surface area contributed by atoms with E-state index in [1.54, 1.807) is 12.1 Å². The Hall–Kier alpha value is -1.27. The number of rotatable bonds is 5. The first kappa shape index (κ1) is 17.5. The van der Waals surface area contributed by atoms with E-state index in [0.717, 1.165) is 51.4 Å². The van der Waals surface area contributed by atoms with Gasteiger partial charge in [-0.3, -0.25) is 0 Å². The molecule has 2 aliphatic rings. The van der Waals surface area contributed by atoms with Crippen molar-refractivity contribution >= 4 is 10.1 Å². The van der Waals surface area contributed by atoms with Gasteiger partial charge >= 0.3 is 0 Å². The molecule has 6 heteroatoms. The van der Waals surface area contributed by atoms with Crippen molar-refractivity contribution in [1.29, 1.82) is 0 Å². The molecule has 2 saturated carbocycles. The molecule has 0 aromatic heterocycles. The molecule has 2 fully saturated rings. The van der Waals surface area contributed by atoms with E-state index in [1.165, 1.54) is 18.9 Å². The molecule has 0 atom stereocenters. The fourth-order valence-corrected chi connectivity index (χ4v) is 4.19. The van der Waals surface area contributed by atoms with E-state index in [2.05, 4.69) is 0 Å². The topological polar surface area (TPSA) is 75.7 Å². The highest BCUT2D eigenvalue weighted by Crippen LogP contribution is 2.33. The Morgan fingerprint density at radius 3 is 1.92 bits per heavy atom. The van der Waals surface area contributed by atoms with E-state index in [9.17, 15) is 13.0 Å².